The van der Waals surface area contributed by atoms with Gasteiger partial charge in [0.05, 0.1) is 28.0 Å². The molecule has 3 heterocycles. The van der Waals surface area contributed by atoms with E-state index in [4.69, 9.17) is 4.42 Å². The van der Waals surface area contributed by atoms with E-state index in [0.29, 0.717) is 5.92 Å². The number of nitrogens with one attached hydrogen (secondary N) is 3. The Morgan fingerprint density at radius 3 is 2.37 bits per heavy atom. The predicted molar refractivity (Wildman–Crippen MR) is 158 cm³/mol. The molecule has 0 spiro atoms. The van der Waals surface area contributed by atoms with Gasteiger partial charge in [0.25, 0.3) is 0 Å². The Bertz CT molecular complexity index is 1740. The Labute approximate surface area is 224 Å². The summed E-state index contributed by atoms with van der Waals surface area (Å²) in [5.41, 5.74) is 7.33. The monoisotopic (exact) mass is 511 g/mol. The maximum Gasteiger partial charge on any atom is 0.135 e. The number of benzene rings is 4. The molecule has 1 fully saturated rings. The molecule has 1 aromatic heterocycles. The van der Waals surface area contributed by atoms with Gasteiger partial charge in [0.15, 0.2) is 0 Å². The van der Waals surface area contributed by atoms with Gasteiger partial charge in [-0.15, -0.1) is 0 Å². The fraction of sp³-hybridized carbons (Fsp3) is 0.152. The molecule has 0 radical (unpaired) electrons. The third-order valence-electron chi connectivity index (χ3n) is 8.41. The Morgan fingerprint density at radius 1 is 0.684 bits per heavy atom. The van der Waals surface area contributed by atoms with Gasteiger partial charge in [-0.1, -0.05) is 107 Å². The lowest BCUT2D eigenvalue weighted by molar-refractivity contribution is 0.173. The summed E-state index contributed by atoms with van der Waals surface area (Å²) in [5, 5.41) is 17.3. The zero-order chi connectivity index (χ0) is 25.1. The summed E-state index contributed by atoms with van der Waals surface area (Å²) < 4.78 is 6.25. The molecular weight excluding hydrogens is 482 g/mol. The Hall–Kier alpha value is -3.74. The van der Waals surface area contributed by atoms with Crippen molar-refractivity contribution in [1.82, 2.24) is 16.0 Å². The van der Waals surface area contributed by atoms with E-state index in [1.54, 1.807) is 16.0 Å². The van der Waals surface area contributed by atoms with Crippen molar-refractivity contribution in [3.05, 3.63) is 131 Å². The molecule has 3 aliphatic rings. The van der Waals surface area contributed by atoms with Crippen LogP contribution in [0.1, 0.15) is 35.4 Å². The summed E-state index contributed by atoms with van der Waals surface area (Å²) in [6.45, 7) is 0. The van der Waals surface area contributed by atoms with Crippen LogP contribution in [-0.2, 0) is 0 Å². The molecule has 186 valence electrons. The van der Waals surface area contributed by atoms with Crippen molar-refractivity contribution in [3.63, 3.8) is 0 Å². The highest BCUT2D eigenvalue weighted by Gasteiger charge is 2.38. The lowest BCUT2D eigenvalue weighted by Gasteiger charge is -2.43. The number of para-hydroxylation sites is 1. The molecule has 0 bridgehead atoms. The zero-order valence-corrected chi connectivity index (χ0v) is 22.4. The number of rotatable bonds is 3. The summed E-state index contributed by atoms with van der Waals surface area (Å²) in [6, 6.07) is 34.7. The maximum absolute atomic E-state index is 6.25. The number of furan rings is 1. The summed E-state index contributed by atoms with van der Waals surface area (Å²) in [6.07, 6.45) is 5.95. The Morgan fingerprint density at radius 2 is 1.45 bits per heavy atom. The van der Waals surface area contributed by atoms with Crippen LogP contribution >= 0.6 is 0 Å². The maximum atomic E-state index is 6.25. The molecular formula is C33H29N3OSi. The number of hydrogen-bond donors (Lipinski definition) is 3. The predicted octanol–water partition coefficient (Wildman–Crippen LogP) is 5.19. The molecule has 38 heavy (non-hydrogen) atoms. The van der Waals surface area contributed by atoms with Gasteiger partial charge in [-0.05, 0) is 40.8 Å². The highest BCUT2D eigenvalue weighted by molar-refractivity contribution is 6.67. The molecule has 5 aromatic rings. The second kappa shape index (κ2) is 8.93. The third kappa shape index (κ3) is 3.62. The molecule has 4 atom stereocenters. The number of fused-ring (bicyclic) bond motifs is 5. The average Bonchev–Trinajstić information content (AvgIpc) is 3.55. The van der Waals surface area contributed by atoms with E-state index >= 15 is 0 Å². The summed E-state index contributed by atoms with van der Waals surface area (Å²) in [4.78, 5) is 0. The summed E-state index contributed by atoms with van der Waals surface area (Å²) in [7, 11) is -0.423. The molecule has 0 amide bonds. The smallest absolute Gasteiger partial charge is 0.135 e. The molecule has 1 aliphatic carbocycles. The van der Waals surface area contributed by atoms with Crippen LogP contribution in [-0.4, -0.2) is 15.7 Å². The molecule has 5 heteroatoms. The van der Waals surface area contributed by atoms with Gasteiger partial charge in [-0.2, -0.15) is 0 Å². The second-order valence-electron chi connectivity index (χ2n) is 10.6. The molecule has 4 unspecified atom stereocenters. The van der Waals surface area contributed by atoms with E-state index in [2.05, 4.69) is 113 Å². The first kappa shape index (κ1) is 22.3. The minimum Gasteiger partial charge on any atom is -0.456 e. The zero-order valence-electron chi connectivity index (χ0n) is 21.0. The van der Waals surface area contributed by atoms with Gasteiger partial charge in [0.1, 0.15) is 11.2 Å². The van der Waals surface area contributed by atoms with Gasteiger partial charge in [0.2, 0.25) is 0 Å². The fourth-order valence-corrected chi connectivity index (χ4v) is 8.72. The van der Waals surface area contributed by atoms with Crippen molar-refractivity contribution in [2.45, 2.75) is 24.9 Å². The molecule has 8 rings (SSSR count). The normalized spacial score (nSPS) is 25.3. The van der Waals surface area contributed by atoms with Crippen LogP contribution in [0.2, 0.25) is 0 Å². The largest absolute Gasteiger partial charge is 0.456 e. The third-order valence-corrected chi connectivity index (χ3v) is 10.4. The van der Waals surface area contributed by atoms with Crippen LogP contribution in [0, 0.1) is 5.92 Å². The van der Waals surface area contributed by atoms with Gasteiger partial charge in [-0.3, -0.25) is 16.0 Å². The quantitative estimate of drug-likeness (QED) is 0.292. The van der Waals surface area contributed by atoms with Gasteiger partial charge in [0, 0.05) is 16.7 Å². The summed E-state index contributed by atoms with van der Waals surface area (Å²) >= 11 is 0. The molecule has 0 saturated carbocycles. The second-order valence-corrected chi connectivity index (χ2v) is 12.5. The minimum absolute atomic E-state index is 0.0204. The van der Waals surface area contributed by atoms with Crippen molar-refractivity contribution in [1.29, 1.82) is 0 Å². The Balaban J connectivity index is 1.19. The van der Waals surface area contributed by atoms with Crippen molar-refractivity contribution in [2.24, 2.45) is 5.92 Å². The highest BCUT2D eigenvalue weighted by Crippen LogP contribution is 2.40. The van der Waals surface area contributed by atoms with E-state index in [1.807, 2.05) is 12.1 Å². The SMILES string of the molecule is C1=CC2=C(c3ccccc3[SiH2]2)C(C2NC(c3ccccc3)NC(c3ccc4c(c3)oc3ccccc34)N2)C1. The molecule has 1 saturated heterocycles. The average molecular weight is 512 g/mol. The topological polar surface area (TPSA) is 49.2 Å². The van der Waals surface area contributed by atoms with Crippen molar-refractivity contribution >= 4 is 42.2 Å². The first-order valence-corrected chi connectivity index (χ1v) is 15.0. The molecule has 4 aromatic carbocycles. The van der Waals surface area contributed by atoms with Gasteiger partial charge < -0.3 is 4.42 Å². The Kier molecular flexibility index (Phi) is 5.23. The highest BCUT2D eigenvalue weighted by atomic mass is 28.2. The van der Waals surface area contributed by atoms with Crippen LogP contribution in [0.4, 0.5) is 0 Å². The standard InChI is InChI=1S/C33H29N3OSi/c1-2-9-20(10-3-1)31-34-32(21-17-18-23-22-11-4-6-14-26(22)37-27(23)19-21)36-33(35-31)25-13-8-16-29-30(25)24-12-5-7-15-28(24)38-29/h1-12,14-19,25,31-36H,13,38H2. The lowest BCUT2D eigenvalue weighted by Crippen LogP contribution is -2.61. The molecule has 3 N–H and O–H groups in total. The number of allylic oxidation sites excluding steroid dienone is 3. The minimum atomic E-state index is -0.423. The lowest BCUT2D eigenvalue weighted by atomic mass is 9.83. The van der Waals surface area contributed by atoms with E-state index in [9.17, 15) is 0 Å². The summed E-state index contributed by atoms with van der Waals surface area (Å²) in [5.74, 6) is 0.372. The van der Waals surface area contributed by atoms with E-state index in [1.165, 1.54) is 16.7 Å². The van der Waals surface area contributed by atoms with E-state index < -0.39 is 9.52 Å². The van der Waals surface area contributed by atoms with Crippen LogP contribution in [0.5, 0.6) is 0 Å². The van der Waals surface area contributed by atoms with Crippen molar-refractivity contribution < 1.29 is 4.42 Å². The van der Waals surface area contributed by atoms with Gasteiger partial charge in [-0.25, -0.2) is 0 Å². The van der Waals surface area contributed by atoms with Crippen LogP contribution < -0.4 is 21.1 Å². The van der Waals surface area contributed by atoms with Crippen molar-refractivity contribution in [2.75, 3.05) is 0 Å². The van der Waals surface area contributed by atoms with Crippen LogP contribution in [0.3, 0.4) is 0 Å². The van der Waals surface area contributed by atoms with Crippen LogP contribution in [0.15, 0.2) is 119 Å². The van der Waals surface area contributed by atoms with E-state index in [-0.39, 0.29) is 18.5 Å². The first-order chi connectivity index (χ1) is 18.8. The van der Waals surface area contributed by atoms with Crippen molar-refractivity contribution in [3.8, 4) is 0 Å². The number of hydrogen-bond acceptors (Lipinski definition) is 4. The molecule has 2 aliphatic heterocycles. The van der Waals surface area contributed by atoms with Gasteiger partial charge >= 0.3 is 0 Å². The fourth-order valence-electron chi connectivity index (χ4n) is 6.63. The first-order valence-electron chi connectivity index (χ1n) is 13.5. The van der Waals surface area contributed by atoms with E-state index in [0.717, 1.165) is 28.4 Å². The molecule has 4 nitrogen and oxygen atoms in total. The van der Waals surface area contributed by atoms with Crippen LogP contribution in [0.25, 0.3) is 27.5 Å².